The van der Waals surface area contributed by atoms with Gasteiger partial charge in [0.2, 0.25) is 0 Å². The minimum Gasteiger partial charge on any atom is -0.289 e. The van der Waals surface area contributed by atoms with Crippen molar-refractivity contribution in [3.05, 3.63) is 63.8 Å². The van der Waals surface area contributed by atoms with Crippen LogP contribution in [0.3, 0.4) is 0 Å². The van der Waals surface area contributed by atoms with Crippen LogP contribution in [0.2, 0.25) is 0 Å². The van der Waals surface area contributed by atoms with Gasteiger partial charge < -0.3 is 0 Å². The summed E-state index contributed by atoms with van der Waals surface area (Å²) in [6.45, 7) is 0. The Morgan fingerprint density at radius 3 is 2.69 bits per heavy atom. The highest BCUT2D eigenvalue weighted by Gasteiger charge is 2.13. The molecule has 78 valence electrons. The third-order valence-corrected chi connectivity index (χ3v) is 3.12. The van der Waals surface area contributed by atoms with Crippen LogP contribution in [-0.2, 0) is 6.42 Å². The second-order valence-corrected chi connectivity index (χ2v) is 4.12. The smallest absolute Gasteiger partial charge is 0.186 e. The number of rotatable bonds is 0. The molecule has 0 saturated heterocycles. The molecule has 0 aliphatic heterocycles. The summed E-state index contributed by atoms with van der Waals surface area (Å²) in [4.78, 5) is 12.0. The lowest BCUT2D eigenvalue weighted by Crippen LogP contribution is -2.07. The molecule has 0 aromatic heterocycles. The third kappa shape index (κ3) is 1.36. The largest absolute Gasteiger partial charge is 0.289 e. The van der Waals surface area contributed by atoms with Gasteiger partial charge in [0, 0.05) is 5.56 Å². The highest BCUT2D eigenvalue weighted by Crippen LogP contribution is 2.28. The summed E-state index contributed by atoms with van der Waals surface area (Å²) < 4.78 is 0. The SMILES string of the molecule is O=c1cccc2cccc3c(c1-2)CCC=C3. The fraction of sp³-hybridized carbons (Fsp3) is 0.133. The summed E-state index contributed by atoms with van der Waals surface area (Å²) in [6.07, 6.45) is 6.28. The van der Waals surface area contributed by atoms with E-state index in [9.17, 15) is 4.79 Å². The van der Waals surface area contributed by atoms with Gasteiger partial charge in [-0.3, -0.25) is 4.79 Å². The fourth-order valence-corrected chi connectivity index (χ4v) is 2.37. The van der Waals surface area contributed by atoms with Crippen molar-refractivity contribution >= 4 is 6.08 Å². The Morgan fingerprint density at radius 2 is 1.81 bits per heavy atom. The first-order valence-corrected chi connectivity index (χ1v) is 5.58. The van der Waals surface area contributed by atoms with E-state index in [1.807, 2.05) is 24.3 Å². The van der Waals surface area contributed by atoms with Gasteiger partial charge >= 0.3 is 0 Å². The zero-order valence-corrected chi connectivity index (χ0v) is 8.94. The van der Waals surface area contributed by atoms with Crippen LogP contribution < -0.4 is 5.43 Å². The molecule has 3 aliphatic carbocycles. The molecule has 0 spiro atoms. The Balaban J connectivity index is 2.47. The second kappa shape index (κ2) is 3.60. The van der Waals surface area contributed by atoms with Gasteiger partial charge in [0.25, 0.3) is 0 Å². The average Bonchev–Trinajstić information content (AvgIpc) is 2.49. The quantitative estimate of drug-likeness (QED) is 0.650. The van der Waals surface area contributed by atoms with Crippen LogP contribution in [0, 0.1) is 0 Å². The topological polar surface area (TPSA) is 17.1 Å². The van der Waals surface area contributed by atoms with Crippen molar-refractivity contribution in [2.45, 2.75) is 12.8 Å². The first-order valence-electron chi connectivity index (χ1n) is 5.58. The summed E-state index contributed by atoms with van der Waals surface area (Å²) >= 11 is 0. The normalized spacial score (nSPS) is 13.8. The van der Waals surface area contributed by atoms with E-state index in [0.717, 1.165) is 24.0 Å². The first kappa shape index (κ1) is 9.34. The molecule has 0 fully saturated rings. The van der Waals surface area contributed by atoms with E-state index in [-0.39, 0.29) is 5.43 Å². The van der Waals surface area contributed by atoms with E-state index in [4.69, 9.17) is 0 Å². The van der Waals surface area contributed by atoms with E-state index in [1.165, 1.54) is 11.1 Å². The molecule has 1 heteroatoms. The maximum Gasteiger partial charge on any atom is 0.186 e. The van der Waals surface area contributed by atoms with Crippen molar-refractivity contribution in [1.82, 2.24) is 0 Å². The summed E-state index contributed by atoms with van der Waals surface area (Å²) in [5.74, 6) is 0. The van der Waals surface area contributed by atoms with Gasteiger partial charge in [0.15, 0.2) is 5.43 Å². The van der Waals surface area contributed by atoms with Crippen LogP contribution in [0.1, 0.15) is 17.5 Å². The minimum absolute atomic E-state index is 0.139. The van der Waals surface area contributed by atoms with E-state index in [2.05, 4.69) is 18.2 Å². The summed E-state index contributed by atoms with van der Waals surface area (Å²) in [5.41, 5.74) is 4.47. The molecule has 0 heterocycles. The van der Waals surface area contributed by atoms with Crippen molar-refractivity contribution in [1.29, 1.82) is 0 Å². The average molecular weight is 208 g/mol. The first-order chi connectivity index (χ1) is 7.86. The highest BCUT2D eigenvalue weighted by molar-refractivity contribution is 5.73. The number of fused-ring (bicyclic) bond motifs is 3. The Bertz CT molecular complexity index is 596. The van der Waals surface area contributed by atoms with Gasteiger partial charge in [-0.1, -0.05) is 42.5 Å². The lowest BCUT2D eigenvalue weighted by Gasteiger charge is -2.11. The lowest BCUT2D eigenvalue weighted by molar-refractivity contribution is 0.989. The van der Waals surface area contributed by atoms with E-state index >= 15 is 0 Å². The molecule has 3 aliphatic rings. The van der Waals surface area contributed by atoms with Crippen molar-refractivity contribution in [2.75, 3.05) is 0 Å². The van der Waals surface area contributed by atoms with Gasteiger partial charge in [-0.25, -0.2) is 0 Å². The number of hydrogen-bond donors (Lipinski definition) is 0. The van der Waals surface area contributed by atoms with Crippen molar-refractivity contribution in [3.8, 4) is 11.1 Å². The molecule has 0 bridgehead atoms. The Hall–Kier alpha value is -1.89. The van der Waals surface area contributed by atoms with Crippen molar-refractivity contribution < 1.29 is 0 Å². The summed E-state index contributed by atoms with van der Waals surface area (Å²) in [6, 6.07) is 11.6. The summed E-state index contributed by atoms with van der Waals surface area (Å²) in [5, 5.41) is 0. The molecule has 0 radical (unpaired) electrons. The lowest BCUT2D eigenvalue weighted by atomic mass is 9.92. The fourth-order valence-electron chi connectivity index (χ4n) is 2.37. The van der Waals surface area contributed by atoms with Crippen molar-refractivity contribution in [3.63, 3.8) is 0 Å². The molecule has 0 amide bonds. The molecule has 0 unspecified atom stereocenters. The zero-order chi connectivity index (χ0) is 11.0. The molecule has 0 aromatic carbocycles. The molecule has 0 saturated carbocycles. The molecule has 1 nitrogen and oxygen atoms in total. The van der Waals surface area contributed by atoms with Crippen LogP contribution >= 0.6 is 0 Å². The zero-order valence-electron chi connectivity index (χ0n) is 8.94. The predicted octanol–water partition coefficient (Wildman–Crippen LogP) is 3.11. The van der Waals surface area contributed by atoms with Gasteiger partial charge in [-0.05, 0) is 35.6 Å². The van der Waals surface area contributed by atoms with E-state index in [1.54, 1.807) is 6.07 Å². The maximum atomic E-state index is 12.0. The highest BCUT2D eigenvalue weighted by atomic mass is 16.1. The summed E-state index contributed by atoms with van der Waals surface area (Å²) in [7, 11) is 0. The molecule has 0 N–H and O–H groups in total. The molecule has 0 aromatic rings. The standard InChI is InChI=1S/C15H12O/c16-14-10-4-8-12-7-3-6-11-5-1-2-9-13(11)15(12)14/h1,3-8,10H,2,9H2. The maximum absolute atomic E-state index is 12.0. The van der Waals surface area contributed by atoms with Crippen LogP contribution in [0.25, 0.3) is 17.2 Å². The van der Waals surface area contributed by atoms with Gasteiger partial charge in [0.05, 0.1) is 0 Å². The molecule has 3 rings (SSSR count). The Kier molecular flexibility index (Phi) is 2.10. The monoisotopic (exact) mass is 208 g/mol. The van der Waals surface area contributed by atoms with E-state index in [0.29, 0.717) is 0 Å². The van der Waals surface area contributed by atoms with Crippen LogP contribution in [0.4, 0.5) is 0 Å². The van der Waals surface area contributed by atoms with Crippen LogP contribution in [-0.4, -0.2) is 0 Å². The molecule has 16 heavy (non-hydrogen) atoms. The minimum atomic E-state index is 0.139. The Morgan fingerprint density at radius 1 is 1.00 bits per heavy atom. The van der Waals surface area contributed by atoms with E-state index < -0.39 is 0 Å². The second-order valence-electron chi connectivity index (χ2n) is 4.12. The number of benzene rings is 1. The van der Waals surface area contributed by atoms with Crippen molar-refractivity contribution in [2.24, 2.45) is 0 Å². The predicted molar refractivity (Wildman–Crippen MR) is 66.7 cm³/mol. The van der Waals surface area contributed by atoms with Gasteiger partial charge in [0.1, 0.15) is 0 Å². The van der Waals surface area contributed by atoms with Gasteiger partial charge in [-0.15, -0.1) is 0 Å². The Labute approximate surface area is 94.4 Å². The van der Waals surface area contributed by atoms with Crippen LogP contribution in [0.15, 0.2) is 47.3 Å². The molecular formula is C15H12O. The molecular weight excluding hydrogens is 196 g/mol. The van der Waals surface area contributed by atoms with Gasteiger partial charge in [-0.2, -0.15) is 0 Å². The third-order valence-electron chi connectivity index (χ3n) is 3.12. The number of hydrogen-bond acceptors (Lipinski definition) is 1. The molecule has 0 atom stereocenters. The number of allylic oxidation sites excluding steroid dienone is 1. The van der Waals surface area contributed by atoms with Crippen LogP contribution in [0.5, 0.6) is 0 Å².